The molecule has 0 unspecified atom stereocenters. The summed E-state index contributed by atoms with van der Waals surface area (Å²) in [5, 5.41) is 10.3. The van der Waals surface area contributed by atoms with E-state index in [4.69, 9.17) is 0 Å². The molecule has 3 rings (SSSR count). The van der Waals surface area contributed by atoms with Gasteiger partial charge in [0.05, 0.1) is 11.4 Å². The second-order valence-electron chi connectivity index (χ2n) is 6.99. The zero-order chi connectivity index (χ0) is 20.8. The number of carbonyl (C=O) groups excluding carboxylic acids is 2. The third kappa shape index (κ3) is 4.90. The summed E-state index contributed by atoms with van der Waals surface area (Å²) in [6, 6.07) is 17.3. The van der Waals surface area contributed by atoms with Gasteiger partial charge < -0.3 is 10.6 Å². The monoisotopic (exact) mass is 390 g/mol. The molecule has 0 aliphatic heterocycles. The van der Waals surface area contributed by atoms with Gasteiger partial charge in [-0.1, -0.05) is 36.4 Å². The van der Waals surface area contributed by atoms with Crippen LogP contribution < -0.4 is 10.6 Å². The summed E-state index contributed by atoms with van der Waals surface area (Å²) in [5.74, 6) is -0.270. The molecule has 0 bridgehead atoms. The lowest BCUT2D eigenvalue weighted by molar-refractivity contribution is -0.121. The normalized spacial score (nSPS) is 10.6. The number of nitrogens with zero attached hydrogens (tertiary/aromatic N) is 2. The topological polar surface area (TPSA) is 76.0 Å². The van der Waals surface area contributed by atoms with Crippen molar-refractivity contribution in [1.82, 2.24) is 20.4 Å². The van der Waals surface area contributed by atoms with Gasteiger partial charge in [-0.05, 0) is 44.5 Å². The highest BCUT2D eigenvalue weighted by Gasteiger charge is 2.14. The summed E-state index contributed by atoms with van der Waals surface area (Å²) in [5.41, 5.74) is 5.43. The molecule has 0 fully saturated rings. The Bertz CT molecular complexity index is 1010. The average molecular weight is 390 g/mol. The van der Waals surface area contributed by atoms with Crippen molar-refractivity contribution < 1.29 is 9.59 Å². The average Bonchev–Trinajstić information content (AvgIpc) is 3.01. The Hall–Kier alpha value is -3.41. The maximum atomic E-state index is 12.2. The van der Waals surface area contributed by atoms with Gasteiger partial charge >= 0.3 is 0 Å². The van der Waals surface area contributed by atoms with Crippen LogP contribution in [0.4, 0.5) is 0 Å². The van der Waals surface area contributed by atoms with E-state index >= 15 is 0 Å². The highest BCUT2D eigenvalue weighted by Crippen LogP contribution is 2.17. The molecule has 0 saturated heterocycles. The Kier molecular flexibility index (Phi) is 6.44. The van der Waals surface area contributed by atoms with Crippen molar-refractivity contribution in [2.24, 2.45) is 0 Å². The highest BCUT2D eigenvalue weighted by atomic mass is 16.2. The fourth-order valence-electron chi connectivity index (χ4n) is 3.24. The van der Waals surface area contributed by atoms with E-state index in [2.05, 4.69) is 15.7 Å². The van der Waals surface area contributed by atoms with Gasteiger partial charge in [0, 0.05) is 36.3 Å². The van der Waals surface area contributed by atoms with Gasteiger partial charge in [-0.25, -0.2) is 4.68 Å². The van der Waals surface area contributed by atoms with Crippen LogP contribution in [0.5, 0.6) is 0 Å². The predicted molar refractivity (Wildman–Crippen MR) is 113 cm³/mol. The molecule has 29 heavy (non-hydrogen) atoms. The van der Waals surface area contributed by atoms with Crippen molar-refractivity contribution >= 4 is 11.8 Å². The summed E-state index contributed by atoms with van der Waals surface area (Å²) in [6.45, 7) is 6.53. The standard InChI is InChI=1S/C23H26N4O2/c1-16-9-7-8-12-20(16)23(29)24-14-13-22(28)25-15-21-17(2)26-27(18(21)3)19-10-5-4-6-11-19/h4-12H,13-15H2,1-3H3,(H,24,29)(H,25,28). The van der Waals surface area contributed by atoms with Gasteiger partial charge in [-0.2, -0.15) is 5.10 Å². The Morgan fingerprint density at radius 1 is 0.931 bits per heavy atom. The number of aromatic nitrogens is 2. The minimum Gasteiger partial charge on any atom is -0.352 e. The van der Waals surface area contributed by atoms with E-state index in [0.29, 0.717) is 18.7 Å². The van der Waals surface area contributed by atoms with Gasteiger partial charge in [-0.15, -0.1) is 0 Å². The molecule has 1 aromatic heterocycles. The molecule has 6 nitrogen and oxygen atoms in total. The number of rotatable bonds is 7. The van der Waals surface area contributed by atoms with Crippen LogP contribution in [0.1, 0.15) is 39.3 Å². The molecule has 6 heteroatoms. The molecule has 0 spiro atoms. The highest BCUT2D eigenvalue weighted by molar-refractivity contribution is 5.95. The molecular weight excluding hydrogens is 364 g/mol. The Morgan fingerprint density at radius 2 is 1.62 bits per heavy atom. The lowest BCUT2D eigenvalue weighted by Crippen LogP contribution is -2.31. The van der Waals surface area contributed by atoms with Crippen LogP contribution >= 0.6 is 0 Å². The van der Waals surface area contributed by atoms with Crippen molar-refractivity contribution in [2.75, 3.05) is 6.54 Å². The van der Waals surface area contributed by atoms with E-state index in [1.165, 1.54) is 0 Å². The summed E-state index contributed by atoms with van der Waals surface area (Å²) < 4.78 is 1.89. The fourth-order valence-corrected chi connectivity index (χ4v) is 3.24. The van der Waals surface area contributed by atoms with E-state index < -0.39 is 0 Å². The number of aryl methyl sites for hydroxylation is 2. The number of amides is 2. The third-order valence-electron chi connectivity index (χ3n) is 4.93. The Balaban J connectivity index is 1.52. The molecule has 3 aromatic rings. The number of hydrogen-bond acceptors (Lipinski definition) is 3. The maximum Gasteiger partial charge on any atom is 0.251 e. The van der Waals surface area contributed by atoms with Crippen molar-refractivity contribution in [1.29, 1.82) is 0 Å². The molecule has 0 aliphatic carbocycles. The van der Waals surface area contributed by atoms with Crippen LogP contribution in [0.25, 0.3) is 5.69 Å². The van der Waals surface area contributed by atoms with E-state index in [-0.39, 0.29) is 18.2 Å². The van der Waals surface area contributed by atoms with Crippen LogP contribution in [0, 0.1) is 20.8 Å². The lowest BCUT2D eigenvalue weighted by atomic mass is 10.1. The number of hydrogen-bond donors (Lipinski definition) is 2. The fraction of sp³-hybridized carbons (Fsp3) is 0.261. The minimum absolute atomic E-state index is 0.110. The quantitative estimate of drug-likeness (QED) is 0.650. The van der Waals surface area contributed by atoms with Crippen LogP contribution in [-0.4, -0.2) is 28.1 Å². The summed E-state index contributed by atoms with van der Waals surface area (Å²) in [6.07, 6.45) is 0.225. The van der Waals surface area contributed by atoms with E-state index in [1.54, 1.807) is 6.07 Å². The largest absolute Gasteiger partial charge is 0.352 e. The second-order valence-corrected chi connectivity index (χ2v) is 6.99. The van der Waals surface area contributed by atoms with Crippen molar-refractivity contribution in [2.45, 2.75) is 33.7 Å². The molecular formula is C23H26N4O2. The lowest BCUT2D eigenvalue weighted by Gasteiger charge is -2.09. The molecule has 2 aromatic carbocycles. The van der Waals surface area contributed by atoms with E-state index in [0.717, 1.165) is 28.2 Å². The second kappa shape index (κ2) is 9.19. The smallest absolute Gasteiger partial charge is 0.251 e. The number of para-hydroxylation sites is 1. The van der Waals surface area contributed by atoms with Crippen molar-refractivity contribution in [3.8, 4) is 5.69 Å². The first-order valence-corrected chi connectivity index (χ1v) is 9.68. The van der Waals surface area contributed by atoms with Gasteiger partial charge in [0.2, 0.25) is 5.91 Å². The van der Waals surface area contributed by atoms with Crippen molar-refractivity contribution in [3.63, 3.8) is 0 Å². The SMILES string of the molecule is Cc1ccccc1C(=O)NCCC(=O)NCc1c(C)nn(-c2ccccc2)c1C. The molecule has 150 valence electrons. The molecule has 1 heterocycles. The number of carbonyl (C=O) groups is 2. The van der Waals surface area contributed by atoms with Gasteiger partial charge in [0.1, 0.15) is 0 Å². The Morgan fingerprint density at radius 3 is 2.34 bits per heavy atom. The molecule has 0 aliphatic rings. The van der Waals surface area contributed by atoms with E-state index in [1.807, 2.05) is 74.0 Å². The van der Waals surface area contributed by atoms with Gasteiger partial charge in [0.25, 0.3) is 5.91 Å². The first-order valence-electron chi connectivity index (χ1n) is 9.68. The summed E-state index contributed by atoms with van der Waals surface area (Å²) >= 11 is 0. The van der Waals surface area contributed by atoms with Gasteiger partial charge in [0.15, 0.2) is 0 Å². The third-order valence-corrected chi connectivity index (χ3v) is 4.93. The molecule has 0 saturated carbocycles. The zero-order valence-corrected chi connectivity index (χ0v) is 17.0. The molecule has 0 atom stereocenters. The Labute approximate surface area is 170 Å². The van der Waals surface area contributed by atoms with Crippen LogP contribution in [0.3, 0.4) is 0 Å². The van der Waals surface area contributed by atoms with Gasteiger partial charge in [-0.3, -0.25) is 9.59 Å². The molecule has 2 N–H and O–H groups in total. The maximum absolute atomic E-state index is 12.2. The number of nitrogens with one attached hydrogen (secondary N) is 2. The van der Waals surface area contributed by atoms with Crippen LogP contribution in [0.15, 0.2) is 54.6 Å². The number of benzene rings is 2. The van der Waals surface area contributed by atoms with Crippen LogP contribution in [-0.2, 0) is 11.3 Å². The van der Waals surface area contributed by atoms with Crippen LogP contribution in [0.2, 0.25) is 0 Å². The van der Waals surface area contributed by atoms with Crippen molar-refractivity contribution in [3.05, 3.63) is 82.7 Å². The summed E-state index contributed by atoms with van der Waals surface area (Å²) in [7, 11) is 0. The molecule has 0 radical (unpaired) electrons. The minimum atomic E-state index is -0.160. The summed E-state index contributed by atoms with van der Waals surface area (Å²) in [4.78, 5) is 24.4. The molecule has 2 amide bonds. The first-order chi connectivity index (χ1) is 14.0. The van der Waals surface area contributed by atoms with E-state index in [9.17, 15) is 9.59 Å². The predicted octanol–water partition coefficient (Wildman–Crippen LogP) is 3.23. The first kappa shape index (κ1) is 20.3. The zero-order valence-electron chi connectivity index (χ0n) is 17.0.